The predicted octanol–water partition coefficient (Wildman–Crippen LogP) is 2.32. The largest absolute Gasteiger partial charge is 0.495 e. The van der Waals surface area contributed by atoms with Crippen molar-refractivity contribution in [3.8, 4) is 5.75 Å². The number of anilines is 2. The number of carbonyl (C=O) groups excluding carboxylic acids is 2. The van der Waals surface area contributed by atoms with E-state index in [0.717, 1.165) is 12.8 Å². The maximum absolute atomic E-state index is 13.1. The molecule has 2 fully saturated rings. The monoisotopic (exact) mass is 492 g/mol. The average molecular weight is 493 g/mol. The molecule has 2 saturated heterocycles. The van der Waals surface area contributed by atoms with Crippen molar-refractivity contribution < 1.29 is 22.7 Å². The van der Waals surface area contributed by atoms with Gasteiger partial charge in [-0.2, -0.15) is 4.31 Å². The summed E-state index contributed by atoms with van der Waals surface area (Å²) in [5.74, 6) is -0.359. The van der Waals surface area contributed by atoms with E-state index < -0.39 is 15.9 Å². The first-order valence-electron chi connectivity index (χ1n) is 10.6. The van der Waals surface area contributed by atoms with Crippen molar-refractivity contribution in [2.45, 2.75) is 17.7 Å². The lowest BCUT2D eigenvalue weighted by Crippen LogP contribution is -2.47. The lowest BCUT2D eigenvalue weighted by Gasteiger charge is -2.29. The molecule has 2 amide bonds. The molecule has 11 heteroatoms. The molecule has 0 radical (unpaired) electrons. The molecule has 2 N–H and O–H groups in total. The Bertz CT molecular complexity index is 1180. The Kier molecular flexibility index (Phi) is 6.78. The third kappa shape index (κ3) is 4.92. The van der Waals surface area contributed by atoms with E-state index in [1.54, 1.807) is 18.2 Å². The third-order valence-electron chi connectivity index (χ3n) is 5.69. The third-order valence-corrected chi connectivity index (χ3v) is 7.92. The molecule has 0 atom stereocenters. The van der Waals surface area contributed by atoms with Crippen LogP contribution in [0.5, 0.6) is 5.75 Å². The molecule has 2 aliphatic heterocycles. The molecule has 2 aromatic carbocycles. The smallest absolute Gasteiger partial charge is 0.255 e. The number of halogens is 1. The van der Waals surface area contributed by atoms with Gasteiger partial charge < -0.3 is 20.3 Å². The molecule has 4 rings (SSSR count). The number of amides is 2. The van der Waals surface area contributed by atoms with Crippen LogP contribution >= 0.6 is 11.6 Å². The van der Waals surface area contributed by atoms with Crippen LogP contribution in [0.1, 0.15) is 23.2 Å². The minimum absolute atomic E-state index is 0.0312. The molecule has 33 heavy (non-hydrogen) atoms. The van der Waals surface area contributed by atoms with E-state index in [-0.39, 0.29) is 28.7 Å². The van der Waals surface area contributed by atoms with Crippen LogP contribution in [-0.4, -0.2) is 64.4 Å². The van der Waals surface area contributed by atoms with Crippen molar-refractivity contribution in [3.05, 3.63) is 47.0 Å². The van der Waals surface area contributed by atoms with Crippen molar-refractivity contribution in [2.24, 2.45) is 0 Å². The van der Waals surface area contributed by atoms with Gasteiger partial charge in [-0.3, -0.25) is 9.59 Å². The molecular weight excluding hydrogens is 468 g/mol. The van der Waals surface area contributed by atoms with Gasteiger partial charge in [0.2, 0.25) is 15.9 Å². The van der Waals surface area contributed by atoms with Gasteiger partial charge >= 0.3 is 0 Å². The number of nitrogens with zero attached hydrogens (tertiary/aromatic N) is 2. The summed E-state index contributed by atoms with van der Waals surface area (Å²) >= 11 is 6.41. The van der Waals surface area contributed by atoms with Crippen LogP contribution in [0.4, 0.5) is 11.4 Å². The van der Waals surface area contributed by atoms with Gasteiger partial charge in [-0.05, 0) is 49.2 Å². The van der Waals surface area contributed by atoms with Gasteiger partial charge in [-0.15, -0.1) is 0 Å². The number of rotatable bonds is 6. The molecule has 2 aromatic rings. The van der Waals surface area contributed by atoms with Crippen LogP contribution in [0, 0.1) is 0 Å². The molecule has 0 bridgehead atoms. The van der Waals surface area contributed by atoms with E-state index in [4.69, 9.17) is 16.3 Å². The van der Waals surface area contributed by atoms with Crippen LogP contribution in [0.25, 0.3) is 0 Å². The van der Waals surface area contributed by atoms with Gasteiger partial charge in [-0.1, -0.05) is 11.6 Å². The fourth-order valence-corrected chi connectivity index (χ4v) is 5.97. The highest BCUT2D eigenvalue weighted by Gasteiger charge is 2.30. The lowest BCUT2D eigenvalue weighted by atomic mass is 10.2. The summed E-state index contributed by atoms with van der Waals surface area (Å²) in [5, 5.41) is 5.91. The van der Waals surface area contributed by atoms with Crippen molar-refractivity contribution in [1.82, 2.24) is 9.62 Å². The number of methoxy groups -OCH3 is 1. The summed E-state index contributed by atoms with van der Waals surface area (Å²) in [6.07, 6.45) is 1.61. The SMILES string of the molecule is COc1ccc(C(=O)Nc2ccc(N3CCNC(=O)C3)c(Cl)c2)cc1S(=O)(=O)N1CCCC1. The summed E-state index contributed by atoms with van der Waals surface area (Å²) in [6.45, 7) is 2.29. The zero-order valence-corrected chi connectivity index (χ0v) is 19.7. The maximum atomic E-state index is 13.1. The Balaban J connectivity index is 1.55. The van der Waals surface area contributed by atoms with E-state index in [0.29, 0.717) is 42.6 Å². The van der Waals surface area contributed by atoms with Gasteiger partial charge in [0, 0.05) is 37.4 Å². The molecule has 0 aromatic heterocycles. The average Bonchev–Trinajstić information content (AvgIpc) is 3.35. The second-order valence-corrected chi connectivity index (χ2v) is 10.2. The highest BCUT2D eigenvalue weighted by molar-refractivity contribution is 7.89. The maximum Gasteiger partial charge on any atom is 0.255 e. The number of sulfonamides is 1. The van der Waals surface area contributed by atoms with Crippen molar-refractivity contribution >= 4 is 44.8 Å². The lowest BCUT2D eigenvalue weighted by molar-refractivity contribution is -0.120. The molecule has 0 aliphatic carbocycles. The van der Waals surface area contributed by atoms with E-state index in [1.807, 2.05) is 4.90 Å². The summed E-state index contributed by atoms with van der Waals surface area (Å²) < 4.78 is 32.8. The first kappa shape index (κ1) is 23.3. The Morgan fingerprint density at radius 2 is 1.88 bits per heavy atom. The Hall–Kier alpha value is -2.82. The molecule has 9 nitrogen and oxygen atoms in total. The molecule has 2 heterocycles. The van der Waals surface area contributed by atoms with Crippen molar-refractivity contribution in [2.75, 3.05) is 50.1 Å². The van der Waals surface area contributed by atoms with E-state index in [1.165, 1.54) is 29.6 Å². The van der Waals surface area contributed by atoms with Crippen LogP contribution in [0.15, 0.2) is 41.3 Å². The van der Waals surface area contributed by atoms with Crippen LogP contribution in [-0.2, 0) is 14.8 Å². The zero-order valence-electron chi connectivity index (χ0n) is 18.1. The molecule has 2 aliphatic rings. The minimum atomic E-state index is -3.77. The standard InChI is InChI=1S/C22H25ClN4O5S/c1-32-19-7-4-15(12-20(19)33(30,31)27-9-2-3-10-27)22(29)25-16-5-6-18(17(23)13-16)26-11-8-24-21(28)14-26/h4-7,12-13H,2-3,8-11,14H2,1H3,(H,24,28)(H,25,29). The Morgan fingerprint density at radius 3 is 2.55 bits per heavy atom. The van der Waals surface area contributed by atoms with Gasteiger partial charge in [0.25, 0.3) is 5.91 Å². The second-order valence-electron chi connectivity index (χ2n) is 7.87. The number of nitrogens with one attached hydrogen (secondary N) is 2. The molecular formula is C22H25ClN4O5S. The van der Waals surface area contributed by atoms with E-state index in [9.17, 15) is 18.0 Å². The van der Waals surface area contributed by atoms with Crippen LogP contribution in [0.2, 0.25) is 5.02 Å². The number of ether oxygens (including phenoxy) is 1. The molecule has 0 spiro atoms. The normalized spacial score (nSPS) is 17.0. The number of carbonyl (C=O) groups is 2. The van der Waals surface area contributed by atoms with E-state index >= 15 is 0 Å². The van der Waals surface area contributed by atoms with Gasteiger partial charge in [-0.25, -0.2) is 8.42 Å². The van der Waals surface area contributed by atoms with Crippen LogP contribution < -0.4 is 20.3 Å². The number of piperazine rings is 1. The Labute approximate surface area is 197 Å². The quantitative estimate of drug-likeness (QED) is 0.640. The molecule has 176 valence electrons. The second kappa shape index (κ2) is 9.58. The summed E-state index contributed by atoms with van der Waals surface area (Å²) in [6, 6.07) is 9.37. The van der Waals surface area contributed by atoms with Crippen LogP contribution in [0.3, 0.4) is 0 Å². The molecule has 0 unspecified atom stereocenters. The zero-order chi connectivity index (χ0) is 23.6. The summed E-state index contributed by atoms with van der Waals surface area (Å²) in [7, 11) is -2.37. The fourth-order valence-electron chi connectivity index (χ4n) is 3.98. The highest BCUT2D eigenvalue weighted by atomic mass is 35.5. The highest BCUT2D eigenvalue weighted by Crippen LogP contribution is 2.31. The molecule has 0 saturated carbocycles. The number of benzene rings is 2. The Morgan fingerprint density at radius 1 is 1.12 bits per heavy atom. The predicted molar refractivity (Wildman–Crippen MR) is 126 cm³/mol. The minimum Gasteiger partial charge on any atom is -0.495 e. The van der Waals surface area contributed by atoms with Crippen molar-refractivity contribution in [1.29, 1.82) is 0 Å². The van der Waals surface area contributed by atoms with Gasteiger partial charge in [0.15, 0.2) is 0 Å². The van der Waals surface area contributed by atoms with E-state index in [2.05, 4.69) is 10.6 Å². The summed E-state index contributed by atoms with van der Waals surface area (Å²) in [5.41, 5.74) is 1.34. The fraction of sp³-hybridized carbons (Fsp3) is 0.364. The topological polar surface area (TPSA) is 108 Å². The first-order valence-corrected chi connectivity index (χ1v) is 12.4. The van der Waals surface area contributed by atoms with Crippen molar-refractivity contribution in [3.63, 3.8) is 0 Å². The van der Waals surface area contributed by atoms with Gasteiger partial charge in [0.05, 0.1) is 24.4 Å². The number of hydrogen-bond donors (Lipinski definition) is 2. The number of hydrogen-bond acceptors (Lipinski definition) is 6. The summed E-state index contributed by atoms with van der Waals surface area (Å²) in [4.78, 5) is 26.4. The first-order chi connectivity index (χ1) is 15.8. The van der Waals surface area contributed by atoms with Gasteiger partial charge in [0.1, 0.15) is 10.6 Å².